The molecule has 0 aliphatic carbocycles. The number of hydrogen-bond donors (Lipinski definition) is 0. The lowest BCUT2D eigenvalue weighted by atomic mass is 10.1. The van der Waals surface area contributed by atoms with E-state index in [-0.39, 0.29) is 12.4 Å². The molecule has 0 bridgehead atoms. The van der Waals surface area contributed by atoms with Crippen molar-refractivity contribution in [2.75, 3.05) is 14.2 Å². The molecule has 4 nitrogen and oxygen atoms in total. The summed E-state index contributed by atoms with van der Waals surface area (Å²) in [5, 5.41) is 0. The fourth-order valence-corrected chi connectivity index (χ4v) is 2.52. The fraction of sp³-hybridized carbons (Fsp3) is 0.235. The molecule has 2 rings (SSSR count). The number of carbonyl (C=O) groups excluding carboxylic acids is 1. The van der Waals surface area contributed by atoms with Gasteiger partial charge in [-0.25, -0.2) is 0 Å². The summed E-state index contributed by atoms with van der Waals surface area (Å²) in [5.74, 6) is 1.14. The Labute approximate surface area is 138 Å². The number of methoxy groups -OCH3 is 2. The van der Waals surface area contributed by atoms with Crippen molar-refractivity contribution >= 4 is 21.9 Å². The van der Waals surface area contributed by atoms with Crippen LogP contribution in [0.4, 0.5) is 0 Å². The van der Waals surface area contributed by atoms with E-state index in [4.69, 9.17) is 14.2 Å². The molecular weight excluding hydrogens is 348 g/mol. The van der Waals surface area contributed by atoms with Gasteiger partial charge in [0, 0.05) is 10.0 Å². The van der Waals surface area contributed by atoms with Crippen molar-refractivity contribution in [1.29, 1.82) is 0 Å². The molecule has 2 aromatic rings. The summed E-state index contributed by atoms with van der Waals surface area (Å²) in [7, 11) is 3.00. The van der Waals surface area contributed by atoms with Crippen molar-refractivity contribution < 1.29 is 19.0 Å². The van der Waals surface area contributed by atoms with Crippen LogP contribution in [0.3, 0.4) is 0 Å². The van der Waals surface area contributed by atoms with E-state index in [1.54, 1.807) is 7.11 Å². The first-order valence-corrected chi connectivity index (χ1v) is 7.52. The number of esters is 1. The van der Waals surface area contributed by atoms with Gasteiger partial charge in [0.05, 0.1) is 20.6 Å². The zero-order valence-electron chi connectivity index (χ0n) is 12.5. The van der Waals surface area contributed by atoms with Gasteiger partial charge in [0.1, 0.15) is 18.1 Å². The van der Waals surface area contributed by atoms with E-state index in [2.05, 4.69) is 15.9 Å². The third kappa shape index (κ3) is 4.49. The van der Waals surface area contributed by atoms with Crippen molar-refractivity contribution in [1.82, 2.24) is 0 Å². The molecule has 0 N–H and O–H groups in total. The zero-order chi connectivity index (χ0) is 15.9. The first-order chi connectivity index (χ1) is 10.6. The van der Waals surface area contributed by atoms with Crippen LogP contribution >= 0.6 is 15.9 Å². The smallest absolute Gasteiger partial charge is 0.310 e. The summed E-state index contributed by atoms with van der Waals surface area (Å²) < 4.78 is 16.7. The van der Waals surface area contributed by atoms with Gasteiger partial charge in [0.15, 0.2) is 0 Å². The van der Waals surface area contributed by atoms with Gasteiger partial charge < -0.3 is 14.2 Å². The lowest BCUT2D eigenvalue weighted by Crippen LogP contribution is -2.06. The van der Waals surface area contributed by atoms with E-state index in [1.807, 2.05) is 42.5 Å². The normalized spacial score (nSPS) is 10.1. The number of rotatable bonds is 6. The Balaban J connectivity index is 2.11. The number of para-hydroxylation sites is 1. The van der Waals surface area contributed by atoms with Crippen LogP contribution in [-0.4, -0.2) is 20.2 Å². The summed E-state index contributed by atoms with van der Waals surface area (Å²) in [6.45, 7) is 0.383. The summed E-state index contributed by atoms with van der Waals surface area (Å²) >= 11 is 3.44. The van der Waals surface area contributed by atoms with Crippen molar-refractivity contribution in [2.45, 2.75) is 13.0 Å². The first-order valence-electron chi connectivity index (χ1n) is 6.73. The molecule has 0 unspecified atom stereocenters. The molecule has 0 saturated heterocycles. The molecule has 0 radical (unpaired) electrons. The molecule has 0 aliphatic heterocycles. The van der Waals surface area contributed by atoms with Gasteiger partial charge in [-0.1, -0.05) is 34.1 Å². The highest BCUT2D eigenvalue weighted by atomic mass is 79.9. The molecule has 5 heteroatoms. The summed E-state index contributed by atoms with van der Waals surface area (Å²) in [4.78, 5) is 11.4. The number of halogens is 1. The Morgan fingerprint density at radius 3 is 2.64 bits per heavy atom. The van der Waals surface area contributed by atoms with Crippen molar-refractivity contribution in [2.24, 2.45) is 0 Å². The fourth-order valence-electron chi connectivity index (χ4n) is 2.00. The van der Waals surface area contributed by atoms with Crippen molar-refractivity contribution in [3.05, 3.63) is 58.1 Å². The average Bonchev–Trinajstić information content (AvgIpc) is 2.53. The molecule has 0 saturated carbocycles. The lowest BCUT2D eigenvalue weighted by molar-refractivity contribution is -0.139. The van der Waals surface area contributed by atoms with Crippen LogP contribution in [0.15, 0.2) is 46.9 Å². The number of carbonyl (C=O) groups is 1. The molecule has 0 aromatic heterocycles. The van der Waals surface area contributed by atoms with E-state index < -0.39 is 0 Å². The molecule has 0 fully saturated rings. The minimum atomic E-state index is -0.292. The molecule has 0 aliphatic rings. The average molecular weight is 365 g/mol. The Hall–Kier alpha value is -2.01. The highest BCUT2D eigenvalue weighted by Crippen LogP contribution is 2.24. The monoisotopic (exact) mass is 364 g/mol. The first kappa shape index (κ1) is 16.4. The van der Waals surface area contributed by atoms with Gasteiger partial charge in [0.2, 0.25) is 0 Å². The molecule has 0 atom stereocenters. The molecule has 116 valence electrons. The van der Waals surface area contributed by atoms with Crippen molar-refractivity contribution in [3.63, 3.8) is 0 Å². The van der Waals surface area contributed by atoms with Crippen molar-refractivity contribution in [3.8, 4) is 11.5 Å². The predicted molar refractivity (Wildman–Crippen MR) is 87.2 cm³/mol. The second kappa shape index (κ2) is 7.84. The molecule has 0 amide bonds. The van der Waals surface area contributed by atoms with Crippen LogP contribution in [0.5, 0.6) is 11.5 Å². The van der Waals surface area contributed by atoms with E-state index in [0.717, 1.165) is 21.3 Å². The number of ether oxygens (including phenoxy) is 3. The third-order valence-electron chi connectivity index (χ3n) is 3.10. The van der Waals surface area contributed by atoms with Gasteiger partial charge in [-0.05, 0) is 29.8 Å². The number of benzene rings is 2. The lowest BCUT2D eigenvalue weighted by Gasteiger charge is -2.12. The van der Waals surface area contributed by atoms with Crippen LogP contribution < -0.4 is 9.47 Å². The van der Waals surface area contributed by atoms with E-state index in [1.165, 1.54) is 7.11 Å². The summed E-state index contributed by atoms with van der Waals surface area (Å²) in [5.41, 5.74) is 1.77. The molecule has 0 heterocycles. The topological polar surface area (TPSA) is 44.8 Å². The van der Waals surface area contributed by atoms with E-state index >= 15 is 0 Å². The largest absolute Gasteiger partial charge is 0.497 e. The minimum absolute atomic E-state index is 0.189. The van der Waals surface area contributed by atoms with Crippen LogP contribution in [0.1, 0.15) is 11.1 Å². The van der Waals surface area contributed by atoms with Gasteiger partial charge >= 0.3 is 5.97 Å². The number of hydrogen-bond acceptors (Lipinski definition) is 4. The molecule has 22 heavy (non-hydrogen) atoms. The molecular formula is C17H17BrO4. The standard InChI is InChI=1S/C17H17BrO4/c1-20-15-8-12(7-14(18)10-15)11-22-16-6-4-3-5-13(16)9-17(19)21-2/h3-8,10H,9,11H2,1-2H3. The second-order valence-corrected chi connectivity index (χ2v) is 5.56. The second-order valence-electron chi connectivity index (χ2n) is 4.65. The molecule has 2 aromatic carbocycles. The Morgan fingerprint density at radius 2 is 1.91 bits per heavy atom. The van der Waals surface area contributed by atoms with Crippen LogP contribution in [-0.2, 0) is 22.6 Å². The van der Waals surface area contributed by atoms with Gasteiger partial charge in [-0.3, -0.25) is 4.79 Å². The Kier molecular flexibility index (Phi) is 5.83. The highest BCUT2D eigenvalue weighted by molar-refractivity contribution is 9.10. The van der Waals surface area contributed by atoms with Gasteiger partial charge in [-0.2, -0.15) is 0 Å². The summed E-state index contributed by atoms with van der Waals surface area (Å²) in [6, 6.07) is 13.2. The minimum Gasteiger partial charge on any atom is -0.497 e. The Bertz CT molecular complexity index is 655. The van der Waals surface area contributed by atoms with E-state index in [0.29, 0.717) is 12.4 Å². The Morgan fingerprint density at radius 1 is 1.14 bits per heavy atom. The molecule has 0 spiro atoms. The maximum absolute atomic E-state index is 11.4. The van der Waals surface area contributed by atoms with Crippen LogP contribution in [0.2, 0.25) is 0 Å². The SMILES string of the molecule is COC(=O)Cc1ccccc1OCc1cc(Br)cc(OC)c1. The van der Waals surface area contributed by atoms with Gasteiger partial charge in [-0.15, -0.1) is 0 Å². The van der Waals surface area contributed by atoms with Gasteiger partial charge in [0.25, 0.3) is 0 Å². The van der Waals surface area contributed by atoms with Crippen LogP contribution in [0, 0.1) is 0 Å². The zero-order valence-corrected chi connectivity index (χ0v) is 14.1. The summed E-state index contributed by atoms with van der Waals surface area (Å²) in [6.07, 6.45) is 0.189. The third-order valence-corrected chi connectivity index (χ3v) is 3.55. The van der Waals surface area contributed by atoms with Crippen LogP contribution in [0.25, 0.3) is 0 Å². The quantitative estimate of drug-likeness (QED) is 0.732. The predicted octanol–water partition coefficient (Wildman–Crippen LogP) is 3.75. The highest BCUT2D eigenvalue weighted by Gasteiger charge is 2.09. The van der Waals surface area contributed by atoms with E-state index in [9.17, 15) is 4.79 Å². The maximum Gasteiger partial charge on any atom is 0.310 e. The maximum atomic E-state index is 11.4.